The Morgan fingerprint density at radius 1 is 1.21 bits per heavy atom. The van der Waals surface area contributed by atoms with E-state index in [1.165, 1.54) is 11.1 Å². The summed E-state index contributed by atoms with van der Waals surface area (Å²) in [4.78, 5) is 25.8. The summed E-state index contributed by atoms with van der Waals surface area (Å²) in [6.07, 6.45) is 1.05. The van der Waals surface area contributed by atoms with E-state index < -0.39 is 6.04 Å². The fourth-order valence-electron chi connectivity index (χ4n) is 2.75. The molecule has 1 aromatic carbocycles. The average molecular weight is 332 g/mol. The molecule has 1 aliphatic rings. The second kappa shape index (κ2) is 8.80. The van der Waals surface area contributed by atoms with Crippen LogP contribution in [-0.2, 0) is 22.6 Å². The van der Waals surface area contributed by atoms with Gasteiger partial charge in [0.15, 0.2) is 0 Å². The molecule has 0 radical (unpaired) electrons. The van der Waals surface area contributed by atoms with Crippen molar-refractivity contribution in [3.63, 3.8) is 0 Å². The lowest BCUT2D eigenvalue weighted by Gasteiger charge is -2.28. The summed E-state index contributed by atoms with van der Waals surface area (Å²) in [5, 5.41) is 5.42. The van der Waals surface area contributed by atoms with Crippen molar-refractivity contribution in [2.75, 3.05) is 26.2 Å². The number of nitrogens with two attached hydrogens (primary N) is 1. The molecule has 132 valence electrons. The zero-order valence-electron chi connectivity index (χ0n) is 14.5. The Bertz CT molecular complexity index is 574. The minimum Gasteiger partial charge on any atom is -0.353 e. The molecule has 1 aliphatic heterocycles. The van der Waals surface area contributed by atoms with Gasteiger partial charge in [0, 0.05) is 26.2 Å². The maximum absolute atomic E-state index is 11.8. The lowest BCUT2D eigenvalue weighted by molar-refractivity contribution is -0.127. The average Bonchev–Trinajstić information content (AvgIpc) is 2.58. The molecule has 4 N–H and O–H groups in total. The number of benzene rings is 1. The molecule has 0 spiro atoms. The van der Waals surface area contributed by atoms with Crippen molar-refractivity contribution in [3.05, 3.63) is 35.4 Å². The van der Waals surface area contributed by atoms with Crippen molar-refractivity contribution in [3.8, 4) is 0 Å². The van der Waals surface area contributed by atoms with Crippen LogP contribution in [0.1, 0.15) is 25.0 Å². The molecule has 1 aromatic rings. The van der Waals surface area contributed by atoms with Gasteiger partial charge in [0.25, 0.3) is 0 Å². The number of hydrogen-bond acceptors (Lipinski definition) is 4. The van der Waals surface area contributed by atoms with Crippen LogP contribution in [0, 0.1) is 5.92 Å². The van der Waals surface area contributed by atoms with Gasteiger partial charge in [-0.1, -0.05) is 38.1 Å². The number of fused-ring (bicyclic) bond motifs is 1. The van der Waals surface area contributed by atoms with Crippen LogP contribution < -0.4 is 16.4 Å². The number of carbonyl (C=O) groups excluding carboxylic acids is 2. The van der Waals surface area contributed by atoms with E-state index in [0.29, 0.717) is 6.54 Å². The smallest absolute Gasteiger partial charge is 0.239 e. The largest absolute Gasteiger partial charge is 0.353 e. The Balaban J connectivity index is 1.64. The second-order valence-corrected chi connectivity index (χ2v) is 6.63. The number of hydrogen-bond donors (Lipinski definition) is 3. The predicted octanol–water partition coefficient (Wildman–Crippen LogP) is 0.260. The molecule has 1 heterocycles. The molecule has 0 bridgehead atoms. The summed E-state index contributed by atoms with van der Waals surface area (Å²) in [5.41, 5.74) is 8.52. The van der Waals surface area contributed by atoms with E-state index in [1.807, 2.05) is 13.8 Å². The molecule has 0 unspecified atom stereocenters. The lowest BCUT2D eigenvalue weighted by atomic mass is 10.00. The van der Waals surface area contributed by atoms with Crippen LogP contribution in [0.25, 0.3) is 0 Å². The fraction of sp³-hybridized carbons (Fsp3) is 0.556. The zero-order valence-corrected chi connectivity index (χ0v) is 14.5. The highest BCUT2D eigenvalue weighted by molar-refractivity contribution is 5.87. The van der Waals surface area contributed by atoms with Gasteiger partial charge in [0.05, 0.1) is 12.6 Å². The Labute approximate surface area is 143 Å². The molecule has 0 saturated carbocycles. The number of amides is 2. The first-order chi connectivity index (χ1) is 11.5. The van der Waals surface area contributed by atoms with Gasteiger partial charge in [-0.05, 0) is 23.5 Å². The van der Waals surface area contributed by atoms with Crippen LogP contribution in [0.4, 0.5) is 0 Å². The van der Waals surface area contributed by atoms with E-state index in [0.717, 1.165) is 26.1 Å². The fourth-order valence-corrected chi connectivity index (χ4v) is 2.75. The quantitative estimate of drug-likeness (QED) is 0.668. The molecule has 24 heavy (non-hydrogen) atoms. The van der Waals surface area contributed by atoms with E-state index in [1.54, 1.807) is 0 Å². The molecule has 0 aliphatic carbocycles. The molecule has 6 heteroatoms. The van der Waals surface area contributed by atoms with Gasteiger partial charge in [0.2, 0.25) is 11.8 Å². The third-order valence-electron chi connectivity index (χ3n) is 4.40. The van der Waals surface area contributed by atoms with E-state index in [2.05, 4.69) is 39.8 Å². The highest BCUT2D eigenvalue weighted by Gasteiger charge is 2.18. The van der Waals surface area contributed by atoms with Crippen LogP contribution in [0.15, 0.2) is 24.3 Å². The third kappa shape index (κ3) is 5.32. The lowest BCUT2D eigenvalue weighted by Crippen LogP contribution is -2.47. The minimum atomic E-state index is -0.578. The van der Waals surface area contributed by atoms with Gasteiger partial charge in [0.1, 0.15) is 0 Å². The van der Waals surface area contributed by atoms with Gasteiger partial charge >= 0.3 is 0 Å². The molecule has 2 rings (SSSR count). The number of rotatable bonds is 7. The van der Waals surface area contributed by atoms with E-state index in [9.17, 15) is 9.59 Å². The zero-order chi connectivity index (χ0) is 17.5. The van der Waals surface area contributed by atoms with E-state index in [-0.39, 0.29) is 24.3 Å². The van der Waals surface area contributed by atoms with E-state index in [4.69, 9.17) is 5.73 Å². The van der Waals surface area contributed by atoms with Crippen LogP contribution in [0.5, 0.6) is 0 Å². The summed E-state index contributed by atoms with van der Waals surface area (Å²) in [6.45, 7) is 7.04. The standard InChI is InChI=1S/C18H28N4O2/c1-13(2)17(19)18(24)21-11-16(23)20-8-10-22-9-7-14-5-3-4-6-15(14)12-22/h3-6,13,17H,7-12,19H2,1-2H3,(H,20,23)(H,21,24)/t17-/m0/s1. The van der Waals surface area contributed by atoms with Crippen molar-refractivity contribution >= 4 is 11.8 Å². The number of nitrogens with zero attached hydrogens (tertiary/aromatic N) is 1. The Hall–Kier alpha value is -1.92. The monoisotopic (exact) mass is 332 g/mol. The summed E-state index contributed by atoms with van der Waals surface area (Å²) >= 11 is 0. The van der Waals surface area contributed by atoms with Crippen molar-refractivity contribution < 1.29 is 9.59 Å². The summed E-state index contributed by atoms with van der Waals surface area (Å²) in [6, 6.07) is 7.90. The van der Waals surface area contributed by atoms with E-state index >= 15 is 0 Å². The molecule has 6 nitrogen and oxygen atoms in total. The number of nitrogens with one attached hydrogen (secondary N) is 2. The first kappa shape index (κ1) is 18.4. The van der Waals surface area contributed by atoms with Gasteiger partial charge in [-0.3, -0.25) is 14.5 Å². The second-order valence-electron chi connectivity index (χ2n) is 6.63. The highest BCUT2D eigenvalue weighted by Crippen LogP contribution is 2.17. The third-order valence-corrected chi connectivity index (χ3v) is 4.40. The molecule has 2 amide bonds. The summed E-state index contributed by atoms with van der Waals surface area (Å²) in [7, 11) is 0. The SMILES string of the molecule is CC(C)[C@H](N)C(=O)NCC(=O)NCCN1CCc2ccccc2C1. The molecular formula is C18H28N4O2. The predicted molar refractivity (Wildman–Crippen MR) is 94.3 cm³/mol. The Morgan fingerprint density at radius 3 is 2.62 bits per heavy atom. The molecule has 1 atom stereocenters. The maximum Gasteiger partial charge on any atom is 0.239 e. The van der Waals surface area contributed by atoms with Crippen molar-refractivity contribution in [2.45, 2.75) is 32.9 Å². The van der Waals surface area contributed by atoms with Crippen LogP contribution in [-0.4, -0.2) is 48.9 Å². The van der Waals surface area contributed by atoms with Crippen molar-refractivity contribution in [2.24, 2.45) is 11.7 Å². The van der Waals surface area contributed by atoms with Crippen molar-refractivity contribution in [1.29, 1.82) is 0 Å². The van der Waals surface area contributed by atoms with Crippen molar-refractivity contribution in [1.82, 2.24) is 15.5 Å². The Morgan fingerprint density at radius 2 is 1.92 bits per heavy atom. The number of carbonyl (C=O) groups is 2. The molecular weight excluding hydrogens is 304 g/mol. The maximum atomic E-state index is 11.8. The first-order valence-corrected chi connectivity index (χ1v) is 8.56. The van der Waals surface area contributed by atoms with Crippen LogP contribution in [0.2, 0.25) is 0 Å². The van der Waals surface area contributed by atoms with Gasteiger partial charge in [-0.15, -0.1) is 0 Å². The van der Waals surface area contributed by atoms with Gasteiger partial charge in [-0.25, -0.2) is 0 Å². The van der Waals surface area contributed by atoms with Crippen LogP contribution >= 0.6 is 0 Å². The van der Waals surface area contributed by atoms with Gasteiger partial charge in [-0.2, -0.15) is 0 Å². The Kier molecular flexibility index (Phi) is 6.75. The normalized spacial score (nSPS) is 15.7. The summed E-state index contributed by atoms with van der Waals surface area (Å²) < 4.78 is 0. The van der Waals surface area contributed by atoms with Crippen LogP contribution in [0.3, 0.4) is 0 Å². The minimum absolute atomic E-state index is 0.0257. The topological polar surface area (TPSA) is 87.5 Å². The highest BCUT2D eigenvalue weighted by atomic mass is 16.2. The molecule has 0 aromatic heterocycles. The summed E-state index contributed by atoms with van der Waals surface area (Å²) in [5.74, 6) is -0.417. The first-order valence-electron chi connectivity index (χ1n) is 8.56. The molecule has 0 fully saturated rings. The molecule has 0 saturated heterocycles. The van der Waals surface area contributed by atoms with Gasteiger partial charge < -0.3 is 16.4 Å².